The third-order valence-electron chi connectivity index (χ3n) is 7.43. The van der Waals surface area contributed by atoms with Crippen LogP contribution in [-0.4, -0.2) is 51.4 Å². The van der Waals surface area contributed by atoms with E-state index >= 15 is 4.39 Å². The molecule has 8 nitrogen and oxygen atoms in total. The molecule has 0 unspecified atom stereocenters. The largest absolute Gasteiger partial charge is 0.490 e. The number of piperidine rings is 1. The molecular formula is C31H32F2N6O2. The molecule has 212 valence electrons. The first-order valence-electron chi connectivity index (χ1n) is 13.6. The molecular weight excluding hydrogens is 526 g/mol. The van der Waals surface area contributed by atoms with Crippen LogP contribution in [0.15, 0.2) is 48.9 Å². The number of nitrogens with one attached hydrogen (secondary N) is 1. The fraction of sp³-hybridized carbons (Fsp3) is 0.323. The molecule has 41 heavy (non-hydrogen) atoms. The van der Waals surface area contributed by atoms with E-state index in [2.05, 4.69) is 21.2 Å². The first-order chi connectivity index (χ1) is 19.9. The Morgan fingerprint density at radius 3 is 2.73 bits per heavy atom. The Labute approximate surface area is 237 Å². The Morgan fingerprint density at radius 1 is 1.20 bits per heavy atom. The number of unbranched alkanes of at least 4 members (excludes halogenated alkanes) is 1. The molecule has 1 aliphatic heterocycles. The fourth-order valence-corrected chi connectivity index (χ4v) is 5.06. The second-order valence-electron chi connectivity index (χ2n) is 10.1. The summed E-state index contributed by atoms with van der Waals surface area (Å²) in [5.74, 6) is 1.13. The summed E-state index contributed by atoms with van der Waals surface area (Å²) in [6.07, 6.45) is 12.7. The number of imidazole rings is 1. The van der Waals surface area contributed by atoms with Crippen molar-refractivity contribution in [2.24, 2.45) is 11.7 Å². The molecule has 2 aromatic carbocycles. The topological polar surface area (TPSA) is 97.8 Å². The van der Waals surface area contributed by atoms with E-state index in [0.717, 1.165) is 24.1 Å². The Hall–Kier alpha value is -4.49. The minimum absolute atomic E-state index is 0.0147. The molecule has 0 aliphatic carbocycles. The Kier molecular flexibility index (Phi) is 8.45. The maximum atomic E-state index is 15.1. The van der Waals surface area contributed by atoms with E-state index in [0.29, 0.717) is 61.1 Å². The number of nitrogens with two attached hydrogens (primary N) is 1. The predicted octanol–water partition coefficient (Wildman–Crippen LogP) is 5.33. The number of benzene rings is 2. The highest BCUT2D eigenvalue weighted by atomic mass is 19.2. The number of terminal acetylenes is 1. The standard InChI is InChI=1S/C31H32F2N6O2/c1-3-4-5-16-41-26-9-8-24(27(32)28(26)33)25-19-36-30-29(35-12-15-39(25)30)37-22-6-7-23(20(2)17-22)31(40)38-13-10-21(18-34)11-14-38/h1,6-9,12,15,17,19,21H,4-5,10-11,13-14,16,18,34H2,2H3,(H,35,37). The minimum Gasteiger partial charge on any atom is -0.490 e. The Balaban J connectivity index is 1.35. The summed E-state index contributed by atoms with van der Waals surface area (Å²) in [4.78, 5) is 23.8. The molecule has 10 heteroatoms. The smallest absolute Gasteiger partial charge is 0.254 e. The lowest BCUT2D eigenvalue weighted by Crippen LogP contribution is -2.40. The van der Waals surface area contributed by atoms with Crippen LogP contribution in [0.1, 0.15) is 41.6 Å². The van der Waals surface area contributed by atoms with E-state index in [9.17, 15) is 9.18 Å². The van der Waals surface area contributed by atoms with E-state index in [1.54, 1.807) is 22.9 Å². The quantitative estimate of drug-likeness (QED) is 0.213. The highest BCUT2D eigenvalue weighted by Gasteiger charge is 2.24. The maximum absolute atomic E-state index is 15.1. The van der Waals surface area contributed by atoms with Crippen molar-refractivity contribution in [2.45, 2.75) is 32.6 Å². The van der Waals surface area contributed by atoms with Gasteiger partial charge in [0, 0.05) is 48.7 Å². The van der Waals surface area contributed by atoms with E-state index < -0.39 is 11.6 Å². The normalized spacial score (nSPS) is 13.8. The molecule has 4 aromatic rings. The fourth-order valence-electron chi connectivity index (χ4n) is 5.06. The molecule has 3 heterocycles. The van der Waals surface area contributed by atoms with Crippen molar-refractivity contribution in [1.82, 2.24) is 19.3 Å². The number of carbonyl (C=O) groups is 1. The van der Waals surface area contributed by atoms with Gasteiger partial charge in [-0.25, -0.2) is 14.4 Å². The number of aromatic nitrogens is 3. The summed E-state index contributed by atoms with van der Waals surface area (Å²) in [5, 5.41) is 3.25. The van der Waals surface area contributed by atoms with Crippen LogP contribution < -0.4 is 15.8 Å². The highest BCUT2D eigenvalue weighted by molar-refractivity contribution is 5.96. The van der Waals surface area contributed by atoms with Crippen LogP contribution in [0.5, 0.6) is 5.75 Å². The van der Waals surface area contributed by atoms with Crippen LogP contribution in [-0.2, 0) is 0 Å². The molecule has 5 rings (SSSR count). The van der Waals surface area contributed by atoms with Gasteiger partial charge in [0.05, 0.1) is 18.5 Å². The van der Waals surface area contributed by atoms with Gasteiger partial charge in [-0.3, -0.25) is 9.20 Å². The van der Waals surface area contributed by atoms with Gasteiger partial charge in [-0.1, -0.05) is 0 Å². The SMILES string of the molecule is C#CCCCOc1ccc(-c2cnc3c(Nc4ccc(C(=O)N5CCC(CN)CC5)c(C)c4)nccn23)c(F)c1F. The summed E-state index contributed by atoms with van der Waals surface area (Å²) < 4.78 is 36.9. The summed E-state index contributed by atoms with van der Waals surface area (Å²) in [6, 6.07) is 8.37. The number of hydrogen-bond acceptors (Lipinski definition) is 6. The number of ether oxygens (including phenoxy) is 1. The van der Waals surface area contributed by atoms with Gasteiger partial charge in [0.2, 0.25) is 5.82 Å². The number of hydrogen-bond donors (Lipinski definition) is 2. The number of aryl methyl sites for hydroxylation is 1. The maximum Gasteiger partial charge on any atom is 0.254 e. The van der Waals surface area contributed by atoms with Crippen molar-refractivity contribution in [3.8, 4) is 29.4 Å². The molecule has 0 spiro atoms. The molecule has 0 saturated carbocycles. The van der Waals surface area contributed by atoms with Crippen molar-refractivity contribution >= 4 is 23.1 Å². The number of amides is 1. The van der Waals surface area contributed by atoms with Crippen LogP contribution in [0.25, 0.3) is 16.9 Å². The second-order valence-corrected chi connectivity index (χ2v) is 10.1. The first kappa shape index (κ1) is 28.1. The summed E-state index contributed by atoms with van der Waals surface area (Å²) in [5.41, 5.74) is 8.81. The van der Waals surface area contributed by atoms with Crippen LogP contribution in [0, 0.1) is 36.8 Å². The monoisotopic (exact) mass is 558 g/mol. The van der Waals surface area contributed by atoms with Crippen LogP contribution in [0.2, 0.25) is 0 Å². The molecule has 1 amide bonds. The average molecular weight is 559 g/mol. The second kappa shape index (κ2) is 12.4. The van der Waals surface area contributed by atoms with E-state index in [1.165, 1.54) is 18.3 Å². The zero-order chi connectivity index (χ0) is 28.9. The number of halogens is 2. The van der Waals surface area contributed by atoms with Gasteiger partial charge in [0.1, 0.15) is 0 Å². The van der Waals surface area contributed by atoms with Gasteiger partial charge < -0.3 is 20.7 Å². The molecule has 0 atom stereocenters. The third kappa shape index (κ3) is 5.86. The molecule has 0 bridgehead atoms. The Bertz CT molecular complexity index is 1600. The number of nitrogens with zero attached hydrogens (tertiary/aromatic N) is 4. The molecule has 2 aromatic heterocycles. The molecule has 1 fully saturated rings. The number of rotatable bonds is 9. The average Bonchev–Trinajstić information content (AvgIpc) is 3.42. The van der Waals surface area contributed by atoms with Gasteiger partial charge >= 0.3 is 0 Å². The van der Waals surface area contributed by atoms with Crippen molar-refractivity contribution in [3.63, 3.8) is 0 Å². The summed E-state index contributed by atoms with van der Waals surface area (Å²) in [6.45, 7) is 4.16. The Morgan fingerprint density at radius 2 is 2.00 bits per heavy atom. The van der Waals surface area contributed by atoms with Gasteiger partial charge in [0.15, 0.2) is 23.0 Å². The number of fused-ring (bicyclic) bond motifs is 1. The van der Waals surface area contributed by atoms with E-state index in [1.807, 2.05) is 24.0 Å². The minimum atomic E-state index is -1.07. The highest BCUT2D eigenvalue weighted by Crippen LogP contribution is 2.32. The third-order valence-corrected chi connectivity index (χ3v) is 7.43. The predicted molar refractivity (Wildman–Crippen MR) is 154 cm³/mol. The molecule has 1 aliphatic rings. The van der Waals surface area contributed by atoms with Gasteiger partial charge in [-0.2, -0.15) is 4.39 Å². The summed E-state index contributed by atoms with van der Waals surface area (Å²) >= 11 is 0. The zero-order valence-corrected chi connectivity index (χ0v) is 22.9. The lowest BCUT2D eigenvalue weighted by atomic mass is 9.96. The van der Waals surface area contributed by atoms with E-state index in [4.69, 9.17) is 16.9 Å². The van der Waals surface area contributed by atoms with Crippen molar-refractivity contribution in [1.29, 1.82) is 0 Å². The molecule has 3 N–H and O–H groups in total. The van der Waals surface area contributed by atoms with Crippen molar-refractivity contribution in [2.75, 3.05) is 31.6 Å². The number of likely N-dealkylation sites (tertiary alicyclic amines) is 1. The van der Waals surface area contributed by atoms with Crippen LogP contribution in [0.3, 0.4) is 0 Å². The number of carbonyl (C=O) groups excluding carboxylic acids is 1. The lowest BCUT2D eigenvalue weighted by molar-refractivity contribution is 0.0692. The van der Waals surface area contributed by atoms with Crippen LogP contribution in [0.4, 0.5) is 20.3 Å². The lowest BCUT2D eigenvalue weighted by Gasteiger charge is -2.31. The van der Waals surface area contributed by atoms with Crippen LogP contribution >= 0.6 is 0 Å². The van der Waals surface area contributed by atoms with Gasteiger partial charge in [0.25, 0.3) is 5.91 Å². The van der Waals surface area contributed by atoms with E-state index in [-0.39, 0.29) is 23.8 Å². The summed E-state index contributed by atoms with van der Waals surface area (Å²) in [7, 11) is 0. The van der Waals surface area contributed by atoms with Crippen molar-refractivity contribution < 1.29 is 18.3 Å². The zero-order valence-electron chi connectivity index (χ0n) is 22.9. The number of anilines is 2. The van der Waals surface area contributed by atoms with Crippen molar-refractivity contribution in [3.05, 3.63) is 71.7 Å². The van der Waals surface area contributed by atoms with Gasteiger partial charge in [-0.05, 0) is 74.5 Å². The van der Waals surface area contributed by atoms with Gasteiger partial charge in [-0.15, -0.1) is 12.3 Å². The molecule has 0 radical (unpaired) electrons. The first-order valence-corrected chi connectivity index (χ1v) is 13.6. The molecule has 1 saturated heterocycles.